The van der Waals surface area contributed by atoms with Gasteiger partial charge in [-0.3, -0.25) is 9.59 Å². The minimum atomic E-state index is -0.285. The maximum Gasteiger partial charge on any atom is 0.227 e. The monoisotopic (exact) mass is 369 g/mol. The molecule has 0 bridgehead atoms. The smallest absolute Gasteiger partial charge is 0.227 e. The summed E-state index contributed by atoms with van der Waals surface area (Å²) >= 11 is 1.64. The molecule has 24 heavy (non-hydrogen) atoms. The van der Waals surface area contributed by atoms with Crippen LogP contribution in [0.1, 0.15) is 19.3 Å². The molecule has 1 aromatic rings. The molecule has 0 aromatic heterocycles. The zero-order chi connectivity index (χ0) is 16.4. The van der Waals surface area contributed by atoms with Crippen LogP contribution in [0.25, 0.3) is 0 Å². The van der Waals surface area contributed by atoms with Crippen LogP contribution in [0.15, 0.2) is 29.2 Å². The first-order chi connectivity index (χ1) is 11.1. The lowest BCUT2D eigenvalue weighted by Crippen LogP contribution is -2.41. The van der Waals surface area contributed by atoms with E-state index in [-0.39, 0.29) is 42.6 Å². The number of nitrogens with two attached hydrogens (primary N) is 1. The summed E-state index contributed by atoms with van der Waals surface area (Å²) in [6.07, 6.45) is 4.61. The van der Waals surface area contributed by atoms with Crippen molar-refractivity contribution in [3.05, 3.63) is 24.3 Å². The van der Waals surface area contributed by atoms with Gasteiger partial charge in [-0.15, -0.1) is 24.2 Å². The number of hydrogen-bond donors (Lipinski definition) is 2. The highest BCUT2D eigenvalue weighted by Crippen LogP contribution is 2.31. The number of halogens is 1. The molecule has 2 amide bonds. The molecule has 1 saturated carbocycles. The molecular formula is C17H24ClN3O2S. The summed E-state index contributed by atoms with van der Waals surface area (Å²) in [6, 6.07) is 7.91. The Kier molecular flexibility index (Phi) is 6.54. The molecule has 2 fully saturated rings. The van der Waals surface area contributed by atoms with Gasteiger partial charge in [0, 0.05) is 36.1 Å². The fraction of sp³-hybridized carbons (Fsp3) is 0.529. The van der Waals surface area contributed by atoms with Crippen LogP contribution in [-0.2, 0) is 9.59 Å². The van der Waals surface area contributed by atoms with Gasteiger partial charge >= 0.3 is 0 Å². The average Bonchev–Trinajstić information content (AvgIpc) is 3.34. The molecule has 5 nitrogen and oxygen atoms in total. The van der Waals surface area contributed by atoms with Crippen LogP contribution in [0.4, 0.5) is 5.69 Å². The van der Waals surface area contributed by atoms with Crippen molar-refractivity contribution >= 4 is 41.7 Å². The lowest BCUT2D eigenvalue weighted by atomic mass is 10.1. The summed E-state index contributed by atoms with van der Waals surface area (Å²) in [5.74, 6) is 0.228. The van der Waals surface area contributed by atoms with Gasteiger partial charge in [0.2, 0.25) is 11.8 Å². The fourth-order valence-electron chi connectivity index (χ4n) is 2.96. The number of amides is 2. The highest BCUT2D eigenvalue weighted by Gasteiger charge is 2.36. The second-order valence-corrected chi connectivity index (χ2v) is 7.23. The third-order valence-corrected chi connectivity index (χ3v) is 5.33. The van der Waals surface area contributed by atoms with Gasteiger partial charge in [0.25, 0.3) is 0 Å². The van der Waals surface area contributed by atoms with Gasteiger partial charge in [-0.25, -0.2) is 0 Å². The molecule has 0 radical (unpaired) electrons. The van der Waals surface area contributed by atoms with E-state index in [9.17, 15) is 9.59 Å². The minimum absolute atomic E-state index is 0. The second kappa shape index (κ2) is 8.23. The van der Waals surface area contributed by atoms with Crippen molar-refractivity contribution in [1.82, 2.24) is 5.32 Å². The van der Waals surface area contributed by atoms with Crippen LogP contribution in [0.3, 0.4) is 0 Å². The van der Waals surface area contributed by atoms with E-state index in [1.54, 1.807) is 16.7 Å². The number of thioether (sulfide) groups is 1. The number of anilines is 1. The van der Waals surface area contributed by atoms with Gasteiger partial charge in [0.05, 0.1) is 5.92 Å². The zero-order valence-corrected chi connectivity index (χ0v) is 15.4. The van der Waals surface area contributed by atoms with Crippen molar-refractivity contribution in [3.8, 4) is 0 Å². The normalized spacial score (nSPS) is 21.3. The number of carbonyl (C=O) groups excluding carboxylic acids is 2. The van der Waals surface area contributed by atoms with Gasteiger partial charge < -0.3 is 16.0 Å². The molecular weight excluding hydrogens is 346 g/mol. The standard InChI is InChI=1S/C17H23N3O2S.ClH/c1-23-14-4-2-3-13(8-14)20-10-12(7-16(20)21)17(22)19-9-15(18)11-5-6-11;/h2-4,8,11-12,15H,5-7,9-10,18H2,1H3,(H,19,22);1H. The lowest BCUT2D eigenvalue weighted by Gasteiger charge is -2.18. The van der Waals surface area contributed by atoms with E-state index < -0.39 is 0 Å². The number of carbonyl (C=O) groups is 2. The maximum absolute atomic E-state index is 12.3. The highest BCUT2D eigenvalue weighted by molar-refractivity contribution is 7.98. The summed E-state index contributed by atoms with van der Waals surface area (Å²) in [5.41, 5.74) is 6.88. The number of nitrogens with one attached hydrogen (secondary N) is 1. The average molecular weight is 370 g/mol. The Bertz CT molecular complexity index is 609. The van der Waals surface area contributed by atoms with E-state index in [0.29, 0.717) is 19.0 Å². The van der Waals surface area contributed by atoms with E-state index in [0.717, 1.165) is 10.6 Å². The first-order valence-corrected chi connectivity index (χ1v) is 9.28. The Balaban J connectivity index is 0.00000208. The summed E-state index contributed by atoms with van der Waals surface area (Å²) in [4.78, 5) is 27.4. The van der Waals surface area contributed by atoms with E-state index in [1.807, 2.05) is 30.5 Å². The maximum atomic E-state index is 12.3. The van der Waals surface area contributed by atoms with Crippen LogP contribution >= 0.6 is 24.2 Å². The Labute approximate surface area is 153 Å². The van der Waals surface area contributed by atoms with Crippen LogP contribution in [0.2, 0.25) is 0 Å². The van der Waals surface area contributed by atoms with Crippen molar-refractivity contribution in [3.63, 3.8) is 0 Å². The van der Waals surface area contributed by atoms with Gasteiger partial charge in [-0.1, -0.05) is 6.07 Å². The Morgan fingerprint density at radius 3 is 2.88 bits per heavy atom. The van der Waals surface area contributed by atoms with Crippen LogP contribution in [-0.4, -0.2) is 37.2 Å². The summed E-state index contributed by atoms with van der Waals surface area (Å²) in [7, 11) is 0. The minimum Gasteiger partial charge on any atom is -0.354 e. The molecule has 1 heterocycles. The van der Waals surface area contributed by atoms with Crippen molar-refractivity contribution in [2.45, 2.75) is 30.2 Å². The molecule has 1 aliphatic carbocycles. The lowest BCUT2D eigenvalue weighted by molar-refractivity contribution is -0.126. The molecule has 132 valence electrons. The molecule has 3 N–H and O–H groups in total. The first kappa shape index (κ1) is 19.1. The van der Waals surface area contributed by atoms with Crippen molar-refractivity contribution in [2.24, 2.45) is 17.6 Å². The number of nitrogens with zero attached hydrogens (tertiary/aromatic N) is 1. The molecule has 1 aromatic carbocycles. The van der Waals surface area contributed by atoms with Crippen molar-refractivity contribution in [1.29, 1.82) is 0 Å². The molecule has 1 saturated heterocycles. The Morgan fingerprint density at radius 2 is 2.21 bits per heavy atom. The highest BCUT2D eigenvalue weighted by atomic mass is 35.5. The third kappa shape index (κ3) is 4.43. The predicted molar refractivity (Wildman–Crippen MR) is 99.6 cm³/mol. The second-order valence-electron chi connectivity index (χ2n) is 6.35. The van der Waals surface area contributed by atoms with Crippen molar-refractivity contribution < 1.29 is 9.59 Å². The topological polar surface area (TPSA) is 75.4 Å². The van der Waals surface area contributed by atoms with Gasteiger partial charge in [-0.05, 0) is 43.2 Å². The molecule has 1 aliphatic heterocycles. The largest absolute Gasteiger partial charge is 0.354 e. The molecule has 3 rings (SSSR count). The Hall–Kier alpha value is -1.24. The van der Waals surface area contributed by atoms with Crippen LogP contribution in [0, 0.1) is 11.8 Å². The quantitative estimate of drug-likeness (QED) is 0.752. The first-order valence-electron chi connectivity index (χ1n) is 8.06. The van der Waals surface area contributed by atoms with Gasteiger partial charge in [0.1, 0.15) is 0 Å². The van der Waals surface area contributed by atoms with Crippen LogP contribution < -0.4 is 16.0 Å². The zero-order valence-electron chi connectivity index (χ0n) is 13.7. The van der Waals surface area contributed by atoms with E-state index in [2.05, 4.69) is 5.32 Å². The van der Waals surface area contributed by atoms with E-state index in [1.165, 1.54) is 12.8 Å². The fourth-order valence-corrected chi connectivity index (χ4v) is 3.42. The molecule has 2 aliphatic rings. The SMILES string of the molecule is CSc1cccc(N2CC(C(=O)NCC(N)C3CC3)CC2=O)c1.Cl. The van der Waals surface area contributed by atoms with Gasteiger partial charge in [0.15, 0.2) is 0 Å². The molecule has 0 spiro atoms. The summed E-state index contributed by atoms with van der Waals surface area (Å²) in [6.45, 7) is 0.956. The van der Waals surface area contributed by atoms with Gasteiger partial charge in [-0.2, -0.15) is 0 Å². The number of rotatable bonds is 6. The van der Waals surface area contributed by atoms with E-state index >= 15 is 0 Å². The van der Waals surface area contributed by atoms with Crippen molar-refractivity contribution in [2.75, 3.05) is 24.2 Å². The molecule has 2 atom stereocenters. The summed E-state index contributed by atoms with van der Waals surface area (Å²) < 4.78 is 0. The van der Waals surface area contributed by atoms with Crippen LogP contribution in [0.5, 0.6) is 0 Å². The Morgan fingerprint density at radius 1 is 1.46 bits per heavy atom. The molecule has 2 unspecified atom stereocenters. The summed E-state index contributed by atoms with van der Waals surface area (Å²) in [5, 5.41) is 2.91. The predicted octanol–water partition coefficient (Wildman–Crippen LogP) is 2.04. The number of hydrogen-bond acceptors (Lipinski definition) is 4. The van der Waals surface area contributed by atoms with E-state index in [4.69, 9.17) is 5.73 Å². The third-order valence-electron chi connectivity index (χ3n) is 4.60. The molecule has 7 heteroatoms. The number of benzene rings is 1.